The van der Waals surface area contributed by atoms with Crippen molar-refractivity contribution in [1.82, 2.24) is 5.06 Å². The van der Waals surface area contributed by atoms with Crippen molar-refractivity contribution in [3.8, 4) is 0 Å². The van der Waals surface area contributed by atoms with E-state index in [-0.39, 0.29) is 47.1 Å². The van der Waals surface area contributed by atoms with Crippen LogP contribution >= 0.6 is 12.2 Å². The summed E-state index contributed by atoms with van der Waals surface area (Å²) in [4.78, 5) is 39.2. The highest BCUT2D eigenvalue weighted by molar-refractivity contribution is 7.80. The molecule has 0 aliphatic carbocycles. The van der Waals surface area contributed by atoms with Crippen molar-refractivity contribution in [2.24, 2.45) is 94.7 Å². The van der Waals surface area contributed by atoms with Gasteiger partial charge < -0.3 is 9.47 Å². The topological polar surface area (TPSA) is 107 Å². The number of thiocarbonyl (C=S) groups is 1. The second-order valence-corrected chi connectivity index (χ2v) is 25.8. The van der Waals surface area contributed by atoms with E-state index in [9.17, 15) is 19.6 Å². The lowest BCUT2D eigenvalue weighted by Crippen LogP contribution is -3.12. The maximum atomic E-state index is 10.9. The van der Waals surface area contributed by atoms with Crippen molar-refractivity contribution < 1.29 is 39.0 Å². The molecule has 1 heterocycles. The maximum absolute atomic E-state index is 10.9. The Hall–Kier alpha value is -1.14. The Labute approximate surface area is 457 Å². The molecule has 1 aliphatic rings. The Kier molecular flexibility index (Phi) is 54.2. The first-order valence-corrected chi connectivity index (χ1v) is 29.0. The smallest absolute Gasteiger partial charge is 0.201 e. The molecule has 0 spiro atoms. The second-order valence-electron chi connectivity index (χ2n) is 25.3. The van der Waals surface area contributed by atoms with E-state index in [0.717, 1.165) is 48.7 Å². The van der Waals surface area contributed by atoms with Crippen LogP contribution in [-0.4, -0.2) is 83.8 Å². The lowest BCUT2D eigenvalue weighted by atomic mass is 9.88. The molecule has 0 amide bonds. The fraction of sp³-hybridized carbons (Fsp3) is 0.935. The highest BCUT2D eigenvalue weighted by atomic mass is 32.1. The molecule has 10 heteroatoms. The van der Waals surface area contributed by atoms with Crippen LogP contribution in [-0.2, 0) is 28.7 Å². The molecule has 0 aromatic heterocycles. The highest BCUT2D eigenvalue weighted by Crippen LogP contribution is 2.35. The summed E-state index contributed by atoms with van der Waals surface area (Å²) < 4.78 is 11.3. The van der Waals surface area contributed by atoms with Gasteiger partial charge in [-0.3, -0.25) is 19.2 Å². The number of nitrogens with one attached hydrogen (secondary N) is 1. The molecule has 1 unspecified atom stereocenters. The third-order valence-corrected chi connectivity index (χ3v) is 14.1. The molecular formula is C62H133N2O7S+. The molecule has 0 aromatic rings. The highest BCUT2D eigenvalue weighted by Gasteiger charge is 2.42. The van der Waals surface area contributed by atoms with Crippen molar-refractivity contribution in [3.05, 3.63) is 0 Å². The van der Waals surface area contributed by atoms with Crippen molar-refractivity contribution in [3.63, 3.8) is 0 Å². The zero-order chi connectivity index (χ0) is 59.5. The Balaban J connectivity index is -0.000000135. The summed E-state index contributed by atoms with van der Waals surface area (Å²) in [5, 5.41) is 11.7. The van der Waals surface area contributed by atoms with Gasteiger partial charge in [0, 0.05) is 60.4 Å². The maximum Gasteiger partial charge on any atom is 0.201 e. The monoisotopic (exact) mass is 1050 g/mol. The van der Waals surface area contributed by atoms with E-state index in [1.54, 1.807) is 34.7 Å². The minimum absolute atomic E-state index is 0.157. The molecular weight excluding hydrogens is 917 g/mol. The summed E-state index contributed by atoms with van der Waals surface area (Å²) in [5.74, 6) is 7.85. The summed E-state index contributed by atoms with van der Waals surface area (Å²) in [6.45, 7) is 73.0. The van der Waals surface area contributed by atoms with E-state index < -0.39 is 0 Å². The van der Waals surface area contributed by atoms with Crippen LogP contribution in [0.25, 0.3) is 0 Å². The summed E-state index contributed by atoms with van der Waals surface area (Å²) in [7, 11) is 3.75. The number of carbonyl (C=O) groups is 3. The van der Waals surface area contributed by atoms with E-state index in [1.165, 1.54) is 4.86 Å². The quantitative estimate of drug-likeness (QED) is 0.0743. The fourth-order valence-electron chi connectivity index (χ4n) is 7.41. The Bertz CT molecular complexity index is 1170. The summed E-state index contributed by atoms with van der Waals surface area (Å²) in [5.41, 5.74) is 0. The van der Waals surface area contributed by atoms with Gasteiger partial charge in [-0.05, 0) is 79.9 Å². The third kappa shape index (κ3) is 45.1. The van der Waals surface area contributed by atoms with E-state index in [0.29, 0.717) is 58.4 Å². The minimum Gasteiger partial charge on any atom is -0.347 e. The predicted octanol–water partition coefficient (Wildman–Crippen LogP) is 16.1. The van der Waals surface area contributed by atoms with Crippen molar-refractivity contribution in [1.29, 1.82) is 0 Å². The number of ketones is 3. The van der Waals surface area contributed by atoms with Crippen LogP contribution < -0.4 is 5.06 Å². The number of nitrogens with zero attached hydrogens (tertiary/aromatic N) is 1. The van der Waals surface area contributed by atoms with Crippen LogP contribution in [0, 0.1) is 94.7 Å². The second kappa shape index (κ2) is 46.0. The Morgan fingerprint density at radius 2 is 0.736 bits per heavy atom. The number of rotatable bonds is 19. The number of hydrogen-bond acceptors (Lipinski definition) is 9. The molecule has 72 heavy (non-hydrogen) atoms. The molecule has 0 saturated carbocycles. The molecule has 1 atom stereocenters. The zero-order valence-corrected chi connectivity index (χ0v) is 56.0. The van der Waals surface area contributed by atoms with Gasteiger partial charge in [-0.25, -0.2) is 5.21 Å². The van der Waals surface area contributed by atoms with Gasteiger partial charge in [0.15, 0.2) is 5.79 Å². The lowest BCUT2D eigenvalue weighted by Gasteiger charge is -2.35. The Morgan fingerprint density at radius 3 is 0.792 bits per heavy atom. The molecule has 0 bridgehead atoms. The first-order chi connectivity index (χ1) is 32.3. The zero-order valence-electron chi connectivity index (χ0n) is 55.1. The van der Waals surface area contributed by atoms with Gasteiger partial charge in [-0.2, -0.15) is 10.1 Å². The van der Waals surface area contributed by atoms with E-state index >= 15 is 0 Å². The van der Waals surface area contributed by atoms with Crippen LogP contribution in [0.2, 0.25) is 0 Å². The van der Waals surface area contributed by atoms with Crippen molar-refractivity contribution in [2.45, 2.75) is 259 Å². The van der Waals surface area contributed by atoms with E-state index in [2.05, 4.69) is 166 Å². The van der Waals surface area contributed by atoms with Gasteiger partial charge in [0.25, 0.3) is 0 Å². The van der Waals surface area contributed by atoms with Crippen LogP contribution in [0.5, 0.6) is 0 Å². The van der Waals surface area contributed by atoms with Gasteiger partial charge in [0.05, 0.1) is 26.4 Å². The molecule has 1 rings (SSSR count). The first-order valence-electron chi connectivity index (χ1n) is 28.6. The van der Waals surface area contributed by atoms with Crippen LogP contribution in [0.15, 0.2) is 0 Å². The predicted molar refractivity (Wildman–Crippen MR) is 320 cm³/mol. The standard InChI is InChI=1S/C9H18O2.C8H19NO.C8H14O2.2C8H18.C7H17NO.C7H14O.C7H14S/c1-7(2)9(8(3)4)10-5-6-11-9;1-6(2)8(7(3)4)9(5)10;1-5(2)7(9)8(10)6(3)4;2*1-6(2)8(5)7(3)4;1-6(2)8(5)9-7(3)4;2*1-5(2)7(8)6(3)4/h7-8H,5-6H2,1-4H3;6-8,10H,1-5H3;5-6H,1-4H3;2*6-8H,1-5H3;6-7H,1-5H3;2*5-6H,1-4H3/p+1. The number of hydrogen-bond donors (Lipinski definition) is 2. The van der Waals surface area contributed by atoms with Gasteiger partial charge in [0.1, 0.15) is 11.8 Å². The summed E-state index contributed by atoms with van der Waals surface area (Å²) in [6.07, 6.45) is 0.289. The van der Waals surface area contributed by atoms with Crippen molar-refractivity contribution >= 4 is 34.4 Å². The molecule has 1 saturated heterocycles. The molecule has 1 fully saturated rings. The van der Waals surface area contributed by atoms with Gasteiger partial charge >= 0.3 is 0 Å². The Morgan fingerprint density at radius 1 is 0.472 bits per heavy atom. The normalized spacial score (nSPS) is 13.7. The van der Waals surface area contributed by atoms with E-state index in [4.69, 9.17) is 26.5 Å². The van der Waals surface area contributed by atoms with Gasteiger partial charge in [0.2, 0.25) is 11.6 Å². The molecule has 1 aliphatic heterocycles. The number of hydroxylamine groups is 4. The summed E-state index contributed by atoms with van der Waals surface area (Å²) >= 11 is 5.10. The molecule has 0 aromatic carbocycles. The van der Waals surface area contributed by atoms with Crippen molar-refractivity contribution in [2.75, 3.05) is 27.3 Å². The SMILES string of the molecule is CC(C)C(=O)C(=O)C(C)C.CC(C)C(=O)C(C)C.CC(C)C(=S)C(C)C.CC(C)C(C(C)C)[NH+](C)O.CC(C)C(C)C(C)C.CC(C)C(C)C(C)C.CC(C)C1(C(C)C)OCCO1.CC(C)ON(C)C(C)C. The molecule has 0 radical (unpaired) electrons. The number of ether oxygens (including phenoxy) is 2. The fourth-order valence-corrected chi connectivity index (χ4v) is 7.41. The number of carbonyl (C=O) groups excluding carboxylic acids is 3. The van der Waals surface area contributed by atoms with Gasteiger partial charge in [-0.15, -0.1) is 0 Å². The average molecular weight is 1050 g/mol. The lowest BCUT2D eigenvalue weighted by molar-refractivity contribution is -1.10. The summed E-state index contributed by atoms with van der Waals surface area (Å²) in [6, 6.07) is 0.826. The van der Waals surface area contributed by atoms with Crippen LogP contribution in [0.4, 0.5) is 0 Å². The minimum atomic E-state index is -0.306. The van der Waals surface area contributed by atoms with Gasteiger partial charge in [-0.1, -0.05) is 220 Å². The number of quaternary nitrogens is 1. The third-order valence-electron chi connectivity index (χ3n) is 13.1. The average Bonchev–Trinajstić information content (AvgIpc) is 3.75. The number of Topliss-reactive ketones (excluding diaryl/α,β-unsaturated/α-hetero) is 3. The first kappa shape index (κ1) is 84.8. The largest absolute Gasteiger partial charge is 0.347 e. The van der Waals surface area contributed by atoms with Crippen LogP contribution in [0.1, 0.15) is 235 Å². The molecule has 9 nitrogen and oxygen atoms in total. The van der Waals surface area contributed by atoms with Crippen LogP contribution in [0.3, 0.4) is 0 Å². The molecule has 2 N–H and O–H groups in total. The molecule has 438 valence electrons. The van der Waals surface area contributed by atoms with E-state index in [1.807, 2.05) is 53.7 Å².